The standard InChI is InChI=1S/C32H43N7O7/c1-20(2)28(31(43)37-16-13-22(14-17-37)34-32(44)45)35-29(41)24-18-27(39(36-24)23-10-4-3-5-11-23)46-19-26(40)38-15-7-12-25(38)30(42)33-21-8-6-9-21/h3-5,10-11,18,20-22,25,28,34H,6-9,12-17,19H2,1-2H3,(H,33,42)(H,35,41)(H,44,45)/t25-,28-/m0/s1. The maximum absolute atomic E-state index is 13.5. The summed E-state index contributed by atoms with van der Waals surface area (Å²) in [5.74, 6) is -1.34. The zero-order valence-electron chi connectivity index (χ0n) is 26.3. The van der Waals surface area contributed by atoms with Gasteiger partial charge < -0.3 is 35.6 Å². The topological polar surface area (TPSA) is 175 Å². The van der Waals surface area contributed by atoms with Gasteiger partial charge in [-0.3, -0.25) is 19.2 Å². The van der Waals surface area contributed by atoms with E-state index in [1.807, 2.05) is 32.0 Å². The Morgan fingerprint density at radius 3 is 2.26 bits per heavy atom. The van der Waals surface area contributed by atoms with Gasteiger partial charge in [0.2, 0.25) is 17.7 Å². The predicted octanol–water partition coefficient (Wildman–Crippen LogP) is 1.92. The van der Waals surface area contributed by atoms with Crippen molar-refractivity contribution < 1.29 is 33.8 Å². The lowest BCUT2D eigenvalue weighted by molar-refractivity contribution is -0.140. The van der Waals surface area contributed by atoms with Crippen LogP contribution in [0.3, 0.4) is 0 Å². The van der Waals surface area contributed by atoms with E-state index in [2.05, 4.69) is 21.0 Å². The zero-order chi connectivity index (χ0) is 32.8. The van der Waals surface area contributed by atoms with Gasteiger partial charge in [-0.15, -0.1) is 0 Å². The lowest BCUT2D eigenvalue weighted by Gasteiger charge is -2.35. The number of carbonyl (C=O) groups excluding carboxylic acids is 4. The van der Waals surface area contributed by atoms with Gasteiger partial charge in [-0.2, -0.15) is 5.10 Å². The maximum atomic E-state index is 13.5. The lowest BCUT2D eigenvalue weighted by Crippen LogP contribution is -2.54. The predicted molar refractivity (Wildman–Crippen MR) is 166 cm³/mol. The van der Waals surface area contributed by atoms with Crippen LogP contribution in [0.1, 0.15) is 69.3 Å². The summed E-state index contributed by atoms with van der Waals surface area (Å²) in [5, 5.41) is 21.8. The normalized spacial score (nSPS) is 19.3. The molecule has 14 nitrogen and oxygen atoms in total. The van der Waals surface area contributed by atoms with Crippen LogP contribution >= 0.6 is 0 Å². The molecule has 3 fully saturated rings. The molecule has 2 saturated heterocycles. The molecule has 0 unspecified atom stereocenters. The highest BCUT2D eigenvalue weighted by molar-refractivity contribution is 5.96. The smallest absolute Gasteiger partial charge is 0.404 e. The summed E-state index contributed by atoms with van der Waals surface area (Å²) < 4.78 is 7.38. The molecule has 4 N–H and O–H groups in total. The van der Waals surface area contributed by atoms with Crippen LogP contribution in [-0.2, 0) is 14.4 Å². The highest BCUT2D eigenvalue weighted by Crippen LogP contribution is 2.24. The fraction of sp³-hybridized carbons (Fsp3) is 0.562. The Hall–Kier alpha value is -4.62. The Morgan fingerprint density at radius 2 is 1.63 bits per heavy atom. The molecule has 5 rings (SSSR count). The van der Waals surface area contributed by atoms with Crippen molar-refractivity contribution in [2.24, 2.45) is 5.92 Å². The number of para-hydroxylation sites is 1. The first-order valence-electron chi connectivity index (χ1n) is 16.1. The van der Waals surface area contributed by atoms with E-state index in [1.54, 1.807) is 21.9 Å². The van der Waals surface area contributed by atoms with Crippen LogP contribution in [0.4, 0.5) is 4.79 Å². The number of nitrogens with one attached hydrogen (secondary N) is 3. The number of rotatable bonds is 11. The van der Waals surface area contributed by atoms with Gasteiger partial charge in [-0.25, -0.2) is 9.48 Å². The van der Waals surface area contributed by atoms with Gasteiger partial charge in [-0.1, -0.05) is 32.0 Å². The van der Waals surface area contributed by atoms with Crippen molar-refractivity contribution >= 4 is 29.7 Å². The third kappa shape index (κ3) is 7.77. The average Bonchev–Trinajstić information content (AvgIpc) is 3.69. The molecule has 1 aliphatic carbocycles. The first-order valence-corrected chi connectivity index (χ1v) is 16.1. The highest BCUT2D eigenvalue weighted by Gasteiger charge is 2.36. The number of hydrogen-bond acceptors (Lipinski definition) is 7. The summed E-state index contributed by atoms with van der Waals surface area (Å²) in [6.07, 6.45) is 4.24. The number of hydrogen-bond donors (Lipinski definition) is 4. The Morgan fingerprint density at radius 1 is 0.935 bits per heavy atom. The molecule has 2 aliphatic heterocycles. The average molecular weight is 638 g/mol. The zero-order valence-corrected chi connectivity index (χ0v) is 26.3. The number of piperidine rings is 1. The van der Waals surface area contributed by atoms with Gasteiger partial charge in [0, 0.05) is 37.8 Å². The van der Waals surface area contributed by atoms with Crippen molar-refractivity contribution in [1.29, 1.82) is 0 Å². The van der Waals surface area contributed by atoms with E-state index in [9.17, 15) is 24.0 Å². The van der Waals surface area contributed by atoms with Crippen LogP contribution in [0.25, 0.3) is 5.69 Å². The van der Waals surface area contributed by atoms with E-state index in [-0.39, 0.29) is 53.9 Å². The van der Waals surface area contributed by atoms with Crippen molar-refractivity contribution in [2.75, 3.05) is 26.2 Å². The number of amides is 5. The Balaban J connectivity index is 1.26. The first kappa shape index (κ1) is 32.8. The summed E-state index contributed by atoms with van der Waals surface area (Å²) in [6, 6.07) is 9.07. The van der Waals surface area contributed by atoms with Crippen molar-refractivity contribution in [1.82, 2.24) is 35.5 Å². The molecule has 46 heavy (non-hydrogen) atoms. The molecule has 0 bridgehead atoms. The molecule has 5 amide bonds. The van der Waals surface area contributed by atoms with Crippen molar-refractivity contribution in [3.63, 3.8) is 0 Å². The summed E-state index contributed by atoms with van der Waals surface area (Å²) in [7, 11) is 0. The molecule has 2 atom stereocenters. The summed E-state index contributed by atoms with van der Waals surface area (Å²) >= 11 is 0. The third-order valence-corrected chi connectivity index (χ3v) is 8.93. The number of nitrogens with zero attached hydrogens (tertiary/aromatic N) is 4. The van der Waals surface area contributed by atoms with Crippen molar-refractivity contribution in [3.8, 4) is 11.6 Å². The molecule has 3 aliphatic rings. The molecule has 1 aromatic heterocycles. The number of aromatic nitrogens is 2. The largest absolute Gasteiger partial charge is 0.467 e. The van der Waals surface area contributed by atoms with Gasteiger partial charge in [0.1, 0.15) is 12.1 Å². The quantitative estimate of drug-likeness (QED) is 0.289. The minimum atomic E-state index is -1.09. The van der Waals surface area contributed by atoms with Crippen LogP contribution in [0, 0.1) is 5.92 Å². The molecule has 14 heteroatoms. The second kappa shape index (κ2) is 14.6. The van der Waals surface area contributed by atoms with Crippen LogP contribution in [-0.4, -0.2) is 105 Å². The number of carboxylic acid groups (broad SMARTS) is 1. The van der Waals surface area contributed by atoms with E-state index < -0.39 is 24.1 Å². The first-order chi connectivity index (χ1) is 22.1. The van der Waals surface area contributed by atoms with Crippen molar-refractivity contribution in [2.45, 2.75) is 83.0 Å². The number of carbonyl (C=O) groups is 5. The number of ether oxygens (including phenoxy) is 1. The molecule has 1 aromatic carbocycles. The van der Waals surface area contributed by atoms with Crippen LogP contribution in [0.2, 0.25) is 0 Å². The second-order valence-corrected chi connectivity index (χ2v) is 12.5. The summed E-state index contributed by atoms with van der Waals surface area (Å²) in [5.41, 5.74) is 0.616. The molecule has 1 saturated carbocycles. The van der Waals surface area contributed by atoms with Crippen LogP contribution in [0.15, 0.2) is 36.4 Å². The van der Waals surface area contributed by atoms with E-state index >= 15 is 0 Å². The van der Waals surface area contributed by atoms with E-state index in [0.29, 0.717) is 44.6 Å². The molecule has 3 heterocycles. The fourth-order valence-electron chi connectivity index (χ4n) is 6.08. The molecular weight excluding hydrogens is 594 g/mol. The summed E-state index contributed by atoms with van der Waals surface area (Å²) in [4.78, 5) is 67.2. The second-order valence-electron chi connectivity index (χ2n) is 12.5. The number of likely N-dealkylation sites (tertiary alicyclic amines) is 2. The van der Waals surface area contributed by atoms with Gasteiger partial charge in [-0.05, 0) is 63.0 Å². The SMILES string of the molecule is CC(C)[C@H](NC(=O)c1cc(OCC(=O)N2CCC[C@H]2C(=O)NC2CCC2)n(-c2ccccc2)n1)C(=O)N1CCC(NC(=O)O)CC1. The Kier molecular flexibility index (Phi) is 10.4. The molecule has 2 aromatic rings. The van der Waals surface area contributed by atoms with Gasteiger partial charge in [0.05, 0.1) is 5.69 Å². The van der Waals surface area contributed by atoms with Gasteiger partial charge in [0.25, 0.3) is 11.8 Å². The number of benzene rings is 1. The van der Waals surface area contributed by atoms with E-state index in [1.165, 1.54) is 10.7 Å². The molecule has 248 valence electrons. The summed E-state index contributed by atoms with van der Waals surface area (Å²) in [6.45, 7) is 4.54. The van der Waals surface area contributed by atoms with Gasteiger partial charge >= 0.3 is 6.09 Å². The van der Waals surface area contributed by atoms with E-state index in [4.69, 9.17) is 9.84 Å². The van der Waals surface area contributed by atoms with Gasteiger partial charge in [0.15, 0.2) is 12.3 Å². The molecule has 0 spiro atoms. The molecule has 0 radical (unpaired) electrons. The highest BCUT2D eigenvalue weighted by atomic mass is 16.5. The lowest BCUT2D eigenvalue weighted by atomic mass is 9.93. The van der Waals surface area contributed by atoms with Crippen molar-refractivity contribution in [3.05, 3.63) is 42.1 Å². The van der Waals surface area contributed by atoms with E-state index in [0.717, 1.165) is 25.7 Å². The third-order valence-electron chi connectivity index (χ3n) is 8.93. The van der Waals surface area contributed by atoms with Crippen LogP contribution in [0.5, 0.6) is 5.88 Å². The Bertz CT molecular complexity index is 1420. The fourth-order valence-corrected chi connectivity index (χ4v) is 6.08. The monoisotopic (exact) mass is 637 g/mol. The maximum Gasteiger partial charge on any atom is 0.404 e. The molecular formula is C32H43N7O7. The van der Waals surface area contributed by atoms with Crippen LogP contribution < -0.4 is 20.7 Å². The minimum absolute atomic E-state index is 0.00745. The minimum Gasteiger partial charge on any atom is -0.467 e. The Labute approximate surface area is 267 Å².